The van der Waals surface area contributed by atoms with Gasteiger partial charge in [-0.1, -0.05) is 30.3 Å². The first kappa shape index (κ1) is 15.1. The van der Waals surface area contributed by atoms with Crippen LogP contribution in [0.4, 0.5) is 19.3 Å². The zero-order chi connectivity index (χ0) is 16.6. The Morgan fingerprint density at radius 3 is 2.43 bits per heavy atom. The van der Waals surface area contributed by atoms with Crippen LogP contribution in [0.1, 0.15) is 5.56 Å². The highest BCUT2D eigenvalue weighted by Crippen LogP contribution is 2.28. The van der Waals surface area contributed by atoms with Gasteiger partial charge in [0, 0.05) is 19.5 Å². The lowest BCUT2D eigenvalue weighted by Crippen LogP contribution is -2.33. The number of nitrogens with zero attached hydrogens (tertiary/aromatic N) is 2. The number of likely N-dealkylation sites (N-methyl/N-ethyl adjacent to an activating group) is 1. The standard InChI is InChI=1S/C17H14F2N2O2/c1-20-15(9-11-5-3-2-4-6-11)16(22)21(17(20)23)14-10-12(18)7-8-13(14)19/h2-8,10,15H,9H2,1H3. The number of urea groups is 1. The minimum absolute atomic E-state index is 0.315. The Hall–Kier alpha value is -2.76. The van der Waals surface area contributed by atoms with Crippen molar-refractivity contribution in [3.63, 3.8) is 0 Å². The zero-order valence-corrected chi connectivity index (χ0v) is 12.4. The van der Waals surface area contributed by atoms with Crippen molar-refractivity contribution >= 4 is 17.6 Å². The molecule has 0 aromatic heterocycles. The summed E-state index contributed by atoms with van der Waals surface area (Å²) >= 11 is 0. The molecule has 3 rings (SSSR count). The highest BCUT2D eigenvalue weighted by Gasteiger charge is 2.44. The van der Waals surface area contributed by atoms with Crippen LogP contribution in [0.5, 0.6) is 0 Å². The van der Waals surface area contributed by atoms with E-state index in [-0.39, 0.29) is 5.69 Å². The Morgan fingerprint density at radius 2 is 1.74 bits per heavy atom. The molecule has 118 valence electrons. The fourth-order valence-electron chi connectivity index (χ4n) is 2.64. The van der Waals surface area contributed by atoms with E-state index in [0.29, 0.717) is 11.3 Å². The van der Waals surface area contributed by atoms with E-state index in [4.69, 9.17) is 0 Å². The quantitative estimate of drug-likeness (QED) is 0.817. The smallest absolute Gasteiger partial charge is 0.315 e. The number of amides is 3. The van der Waals surface area contributed by atoms with Gasteiger partial charge in [-0.05, 0) is 17.7 Å². The van der Waals surface area contributed by atoms with Gasteiger partial charge < -0.3 is 4.90 Å². The van der Waals surface area contributed by atoms with Crippen LogP contribution < -0.4 is 4.90 Å². The van der Waals surface area contributed by atoms with Crippen molar-refractivity contribution < 1.29 is 18.4 Å². The van der Waals surface area contributed by atoms with E-state index in [1.165, 1.54) is 11.9 Å². The van der Waals surface area contributed by atoms with Crippen LogP contribution in [0.3, 0.4) is 0 Å². The second kappa shape index (κ2) is 5.79. The monoisotopic (exact) mass is 316 g/mol. The summed E-state index contributed by atoms with van der Waals surface area (Å²) in [6.45, 7) is 0. The molecule has 1 atom stereocenters. The van der Waals surface area contributed by atoms with Crippen LogP contribution in [-0.2, 0) is 11.2 Å². The van der Waals surface area contributed by atoms with Crippen LogP contribution in [-0.4, -0.2) is 29.9 Å². The van der Waals surface area contributed by atoms with E-state index in [2.05, 4.69) is 0 Å². The maximum Gasteiger partial charge on any atom is 0.331 e. The Balaban J connectivity index is 1.93. The molecule has 1 unspecified atom stereocenters. The summed E-state index contributed by atoms with van der Waals surface area (Å²) in [5, 5.41) is 0. The fraction of sp³-hybridized carbons (Fsp3) is 0.176. The third-order valence-corrected chi connectivity index (χ3v) is 3.89. The molecule has 3 amide bonds. The highest BCUT2D eigenvalue weighted by molar-refractivity contribution is 6.21. The van der Waals surface area contributed by atoms with Crippen molar-refractivity contribution in [3.05, 3.63) is 65.7 Å². The number of hydrogen-bond acceptors (Lipinski definition) is 2. The van der Waals surface area contributed by atoms with E-state index in [1.807, 2.05) is 30.3 Å². The Labute approximate surface area is 131 Å². The van der Waals surface area contributed by atoms with Gasteiger partial charge in [-0.3, -0.25) is 4.79 Å². The van der Waals surface area contributed by atoms with Gasteiger partial charge >= 0.3 is 6.03 Å². The summed E-state index contributed by atoms with van der Waals surface area (Å²) < 4.78 is 27.3. The number of benzene rings is 2. The van der Waals surface area contributed by atoms with Crippen LogP contribution >= 0.6 is 0 Å². The number of carbonyl (C=O) groups excluding carboxylic acids is 2. The molecule has 4 nitrogen and oxygen atoms in total. The van der Waals surface area contributed by atoms with E-state index in [9.17, 15) is 18.4 Å². The topological polar surface area (TPSA) is 40.6 Å². The van der Waals surface area contributed by atoms with Gasteiger partial charge in [-0.15, -0.1) is 0 Å². The molecule has 1 aliphatic rings. The molecule has 1 fully saturated rings. The molecule has 0 bridgehead atoms. The van der Waals surface area contributed by atoms with Crippen molar-refractivity contribution in [2.75, 3.05) is 11.9 Å². The molecule has 0 saturated carbocycles. The largest absolute Gasteiger partial charge is 0.331 e. The molecular formula is C17H14F2N2O2. The minimum Gasteiger partial charge on any atom is -0.315 e. The summed E-state index contributed by atoms with van der Waals surface area (Å²) in [5.74, 6) is -2.09. The lowest BCUT2D eigenvalue weighted by Gasteiger charge is -2.15. The molecule has 1 heterocycles. The van der Waals surface area contributed by atoms with Gasteiger partial charge in [0.05, 0.1) is 5.69 Å². The molecule has 0 radical (unpaired) electrons. The van der Waals surface area contributed by atoms with Crippen molar-refractivity contribution in [2.45, 2.75) is 12.5 Å². The lowest BCUT2D eigenvalue weighted by molar-refractivity contribution is -0.119. The van der Waals surface area contributed by atoms with Crippen LogP contribution in [0.15, 0.2) is 48.5 Å². The van der Waals surface area contributed by atoms with E-state index < -0.39 is 29.6 Å². The number of anilines is 1. The molecule has 6 heteroatoms. The summed E-state index contributed by atoms with van der Waals surface area (Å²) in [7, 11) is 1.48. The molecule has 23 heavy (non-hydrogen) atoms. The summed E-state index contributed by atoms with van der Waals surface area (Å²) in [5.41, 5.74) is 0.523. The number of halogens is 2. The first-order valence-corrected chi connectivity index (χ1v) is 7.09. The molecule has 1 aliphatic heterocycles. The van der Waals surface area contributed by atoms with Crippen molar-refractivity contribution in [1.82, 2.24) is 4.90 Å². The van der Waals surface area contributed by atoms with Gasteiger partial charge in [0.25, 0.3) is 5.91 Å². The molecule has 0 spiro atoms. The van der Waals surface area contributed by atoms with Crippen LogP contribution in [0.2, 0.25) is 0 Å². The lowest BCUT2D eigenvalue weighted by atomic mass is 10.1. The second-order valence-electron chi connectivity index (χ2n) is 5.37. The second-order valence-corrected chi connectivity index (χ2v) is 5.37. The first-order chi connectivity index (χ1) is 11.0. The summed E-state index contributed by atoms with van der Waals surface area (Å²) in [6.07, 6.45) is 0.315. The normalized spacial score (nSPS) is 18.0. The van der Waals surface area contributed by atoms with Gasteiger partial charge in [-0.2, -0.15) is 0 Å². The van der Waals surface area contributed by atoms with Crippen molar-refractivity contribution in [3.8, 4) is 0 Å². The Kier molecular flexibility index (Phi) is 3.82. The minimum atomic E-state index is -0.818. The van der Waals surface area contributed by atoms with Gasteiger partial charge in [-0.25, -0.2) is 18.5 Å². The van der Waals surface area contributed by atoms with Gasteiger partial charge in [0.15, 0.2) is 0 Å². The SMILES string of the molecule is CN1C(=O)N(c2cc(F)ccc2F)C(=O)C1Cc1ccccc1. The Bertz CT molecular complexity index is 764. The third kappa shape index (κ3) is 2.67. The predicted octanol–water partition coefficient (Wildman–Crippen LogP) is 2.97. The average Bonchev–Trinajstić information content (AvgIpc) is 2.75. The van der Waals surface area contributed by atoms with Crippen LogP contribution in [0, 0.1) is 11.6 Å². The summed E-state index contributed by atoms with van der Waals surface area (Å²) in [4.78, 5) is 26.8. The predicted molar refractivity (Wildman–Crippen MR) is 80.9 cm³/mol. The molecule has 2 aromatic carbocycles. The number of rotatable bonds is 3. The van der Waals surface area contributed by atoms with E-state index in [1.54, 1.807) is 0 Å². The number of imide groups is 1. The average molecular weight is 316 g/mol. The number of hydrogen-bond donors (Lipinski definition) is 0. The van der Waals surface area contributed by atoms with Crippen molar-refractivity contribution in [2.24, 2.45) is 0 Å². The number of carbonyl (C=O) groups is 2. The summed E-state index contributed by atoms with van der Waals surface area (Å²) in [6, 6.07) is 10.5. The van der Waals surface area contributed by atoms with E-state index >= 15 is 0 Å². The van der Waals surface area contributed by atoms with Gasteiger partial charge in [0.2, 0.25) is 0 Å². The molecule has 2 aromatic rings. The maximum absolute atomic E-state index is 13.9. The molecule has 1 saturated heterocycles. The van der Waals surface area contributed by atoms with E-state index in [0.717, 1.165) is 23.8 Å². The maximum atomic E-state index is 13.9. The van der Waals surface area contributed by atoms with Crippen LogP contribution in [0.25, 0.3) is 0 Å². The Morgan fingerprint density at radius 1 is 1.04 bits per heavy atom. The molecular weight excluding hydrogens is 302 g/mol. The fourth-order valence-corrected chi connectivity index (χ4v) is 2.64. The third-order valence-electron chi connectivity index (χ3n) is 3.89. The zero-order valence-electron chi connectivity index (χ0n) is 12.4. The highest BCUT2D eigenvalue weighted by atomic mass is 19.1. The van der Waals surface area contributed by atoms with Gasteiger partial charge in [0.1, 0.15) is 17.7 Å². The molecule has 0 N–H and O–H groups in total. The van der Waals surface area contributed by atoms with Crippen molar-refractivity contribution in [1.29, 1.82) is 0 Å². The first-order valence-electron chi connectivity index (χ1n) is 7.09. The molecule has 0 aliphatic carbocycles.